The number of aryl methyl sites for hydroxylation is 1. The van der Waals surface area contributed by atoms with E-state index < -0.39 is 5.82 Å². The number of rotatable bonds is 2. The smallest absolute Gasteiger partial charge is 0.270 e. The molecule has 2 N–H and O–H groups in total. The maximum absolute atomic E-state index is 13.8. The van der Waals surface area contributed by atoms with E-state index in [0.717, 1.165) is 30.5 Å². The van der Waals surface area contributed by atoms with Crippen LogP contribution in [-0.4, -0.2) is 27.1 Å². The molecular weight excluding hydrogens is 295 g/mol. The second-order valence-electron chi connectivity index (χ2n) is 5.80. The summed E-state index contributed by atoms with van der Waals surface area (Å²) in [5.74, 6) is -0.690. The fourth-order valence-corrected chi connectivity index (χ4v) is 3.04. The third-order valence-corrected chi connectivity index (χ3v) is 4.26. The average Bonchev–Trinajstić information content (AvgIpc) is 3.02. The summed E-state index contributed by atoms with van der Waals surface area (Å²) in [4.78, 5) is 16.6. The molecule has 0 bridgehead atoms. The van der Waals surface area contributed by atoms with Gasteiger partial charge in [0.15, 0.2) is 0 Å². The number of aromatic amines is 1. The predicted molar refractivity (Wildman–Crippen MR) is 83.6 cm³/mol. The molecule has 6 heteroatoms. The van der Waals surface area contributed by atoms with Gasteiger partial charge in [-0.25, -0.2) is 9.37 Å². The van der Waals surface area contributed by atoms with Crippen LogP contribution in [0.5, 0.6) is 0 Å². The molecule has 5 nitrogen and oxygen atoms in total. The summed E-state index contributed by atoms with van der Waals surface area (Å²) in [5.41, 5.74) is 2.74. The van der Waals surface area contributed by atoms with E-state index in [1.165, 1.54) is 6.07 Å². The van der Waals surface area contributed by atoms with Gasteiger partial charge in [0.1, 0.15) is 17.0 Å². The fourth-order valence-electron chi connectivity index (χ4n) is 3.04. The number of benzene rings is 1. The minimum absolute atomic E-state index is 0.0470. The average molecular weight is 310 g/mol. The molecule has 2 heterocycles. The summed E-state index contributed by atoms with van der Waals surface area (Å²) < 4.78 is 13.8. The van der Waals surface area contributed by atoms with Gasteiger partial charge < -0.3 is 5.32 Å². The predicted octanol–water partition coefficient (Wildman–Crippen LogP) is 2.38. The molecule has 1 aliphatic carbocycles. The third-order valence-electron chi connectivity index (χ3n) is 4.26. The fraction of sp³-hybridized carbons (Fsp3) is 0.235. The maximum atomic E-state index is 13.8. The van der Waals surface area contributed by atoms with Gasteiger partial charge in [-0.2, -0.15) is 5.10 Å². The highest BCUT2D eigenvalue weighted by Gasteiger charge is 2.22. The summed E-state index contributed by atoms with van der Waals surface area (Å²) in [6, 6.07) is 8.14. The van der Waals surface area contributed by atoms with Crippen molar-refractivity contribution in [3.8, 4) is 0 Å². The van der Waals surface area contributed by atoms with Gasteiger partial charge in [-0.05, 0) is 37.0 Å². The van der Waals surface area contributed by atoms with E-state index in [0.29, 0.717) is 5.39 Å². The van der Waals surface area contributed by atoms with Crippen LogP contribution < -0.4 is 5.32 Å². The zero-order valence-electron chi connectivity index (χ0n) is 12.3. The van der Waals surface area contributed by atoms with Crippen molar-refractivity contribution in [1.29, 1.82) is 0 Å². The standard InChI is InChI=1S/C17H15FN4O/c18-13-3-1-2-10-4-6-15(21-16(10)13)17(23)20-12-5-7-14-11(8-12)9-19-22-14/h1-4,6,9,12H,5,7-8H2,(H,19,22)(H,20,23). The van der Waals surface area contributed by atoms with Crippen LogP contribution in [0.25, 0.3) is 10.9 Å². The number of hydrogen-bond donors (Lipinski definition) is 2. The number of carbonyl (C=O) groups is 1. The summed E-state index contributed by atoms with van der Waals surface area (Å²) in [6.07, 6.45) is 4.26. The van der Waals surface area contributed by atoms with Crippen molar-refractivity contribution >= 4 is 16.8 Å². The van der Waals surface area contributed by atoms with Crippen LogP contribution in [0.3, 0.4) is 0 Å². The quantitative estimate of drug-likeness (QED) is 0.763. The summed E-state index contributed by atoms with van der Waals surface area (Å²) in [6.45, 7) is 0. The Kier molecular flexibility index (Phi) is 3.29. The Hall–Kier alpha value is -2.76. The van der Waals surface area contributed by atoms with Crippen LogP contribution in [0.4, 0.5) is 4.39 Å². The summed E-state index contributed by atoms with van der Waals surface area (Å²) in [7, 11) is 0. The van der Waals surface area contributed by atoms with Gasteiger partial charge in [0.05, 0.1) is 6.20 Å². The number of para-hydroxylation sites is 1. The number of hydrogen-bond acceptors (Lipinski definition) is 3. The van der Waals surface area contributed by atoms with Crippen LogP contribution in [0.1, 0.15) is 28.2 Å². The first kappa shape index (κ1) is 13.9. The molecule has 2 aromatic heterocycles. The molecule has 0 spiro atoms. The third kappa shape index (κ3) is 2.56. The van der Waals surface area contributed by atoms with Crippen LogP contribution >= 0.6 is 0 Å². The van der Waals surface area contributed by atoms with Gasteiger partial charge in [-0.1, -0.05) is 18.2 Å². The number of halogens is 1. The largest absolute Gasteiger partial charge is 0.348 e. The molecule has 116 valence electrons. The Labute approximate surface area is 131 Å². The van der Waals surface area contributed by atoms with E-state index in [4.69, 9.17) is 0 Å². The Bertz CT molecular complexity index is 889. The lowest BCUT2D eigenvalue weighted by atomic mass is 9.93. The van der Waals surface area contributed by atoms with Crippen LogP contribution in [0, 0.1) is 5.82 Å². The maximum Gasteiger partial charge on any atom is 0.270 e. The normalized spacial score (nSPS) is 17.0. The zero-order valence-corrected chi connectivity index (χ0v) is 12.3. The molecule has 0 saturated heterocycles. The summed E-state index contributed by atoms with van der Waals surface area (Å²) in [5, 5.41) is 10.7. The van der Waals surface area contributed by atoms with Crippen LogP contribution in [0.2, 0.25) is 0 Å². The number of carbonyl (C=O) groups excluding carboxylic acids is 1. The lowest BCUT2D eigenvalue weighted by molar-refractivity contribution is 0.0929. The van der Waals surface area contributed by atoms with Crippen molar-refractivity contribution in [2.24, 2.45) is 0 Å². The molecule has 1 atom stereocenters. The molecule has 1 aliphatic rings. The van der Waals surface area contributed by atoms with E-state index in [-0.39, 0.29) is 23.2 Å². The number of nitrogens with zero attached hydrogens (tertiary/aromatic N) is 2. The molecule has 1 aromatic carbocycles. The molecule has 4 rings (SSSR count). The molecule has 1 amide bonds. The van der Waals surface area contributed by atoms with Gasteiger partial charge in [0, 0.05) is 17.1 Å². The zero-order chi connectivity index (χ0) is 15.8. The Morgan fingerprint density at radius 3 is 3.13 bits per heavy atom. The van der Waals surface area contributed by atoms with E-state index in [1.54, 1.807) is 30.5 Å². The second kappa shape index (κ2) is 5.46. The van der Waals surface area contributed by atoms with Gasteiger partial charge >= 0.3 is 0 Å². The van der Waals surface area contributed by atoms with Crippen molar-refractivity contribution in [3.63, 3.8) is 0 Å². The molecule has 1 unspecified atom stereocenters. The summed E-state index contributed by atoms with van der Waals surface area (Å²) >= 11 is 0. The van der Waals surface area contributed by atoms with Crippen molar-refractivity contribution < 1.29 is 9.18 Å². The van der Waals surface area contributed by atoms with E-state index in [1.807, 2.05) is 0 Å². The Morgan fingerprint density at radius 1 is 1.30 bits per heavy atom. The lowest BCUT2D eigenvalue weighted by Crippen LogP contribution is -2.39. The number of amides is 1. The first-order valence-corrected chi connectivity index (χ1v) is 7.58. The van der Waals surface area contributed by atoms with Crippen molar-refractivity contribution in [2.45, 2.75) is 25.3 Å². The highest BCUT2D eigenvalue weighted by Crippen LogP contribution is 2.20. The monoisotopic (exact) mass is 310 g/mol. The van der Waals surface area contributed by atoms with Crippen LogP contribution in [0.15, 0.2) is 36.5 Å². The second-order valence-corrected chi connectivity index (χ2v) is 5.80. The number of fused-ring (bicyclic) bond motifs is 2. The Morgan fingerprint density at radius 2 is 2.22 bits per heavy atom. The van der Waals surface area contributed by atoms with E-state index >= 15 is 0 Å². The highest BCUT2D eigenvalue weighted by atomic mass is 19.1. The first-order chi connectivity index (χ1) is 11.2. The molecular formula is C17H15FN4O. The minimum atomic E-state index is -0.419. The topological polar surface area (TPSA) is 70.7 Å². The number of pyridine rings is 1. The van der Waals surface area contributed by atoms with E-state index in [2.05, 4.69) is 20.5 Å². The SMILES string of the molecule is O=C(NC1CCc2[nH]ncc2C1)c1ccc2cccc(F)c2n1. The molecule has 0 radical (unpaired) electrons. The van der Waals surface area contributed by atoms with Crippen LogP contribution in [-0.2, 0) is 12.8 Å². The number of aromatic nitrogens is 3. The Balaban J connectivity index is 1.54. The van der Waals surface area contributed by atoms with Crippen molar-refractivity contribution in [2.75, 3.05) is 0 Å². The lowest BCUT2D eigenvalue weighted by Gasteiger charge is -2.22. The van der Waals surface area contributed by atoms with Crippen molar-refractivity contribution in [3.05, 3.63) is 59.3 Å². The van der Waals surface area contributed by atoms with Gasteiger partial charge in [-0.15, -0.1) is 0 Å². The molecule has 0 aliphatic heterocycles. The van der Waals surface area contributed by atoms with Gasteiger partial charge in [0.25, 0.3) is 5.91 Å². The molecule has 3 aromatic rings. The highest BCUT2D eigenvalue weighted by molar-refractivity contribution is 5.95. The number of H-pyrrole nitrogens is 1. The molecule has 0 saturated carbocycles. The minimum Gasteiger partial charge on any atom is -0.348 e. The number of nitrogens with one attached hydrogen (secondary N) is 2. The van der Waals surface area contributed by atoms with Gasteiger partial charge in [0.2, 0.25) is 0 Å². The molecule has 23 heavy (non-hydrogen) atoms. The first-order valence-electron chi connectivity index (χ1n) is 7.58. The molecule has 0 fully saturated rings. The van der Waals surface area contributed by atoms with Crippen molar-refractivity contribution in [1.82, 2.24) is 20.5 Å². The van der Waals surface area contributed by atoms with Gasteiger partial charge in [-0.3, -0.25) is 9.89 Å². The van der Waals surface area contributed by atoms with E-state index in [9.17, 15) is 9.18 Å².